The van der Waals surface area contributed by atoms with Gasteiger partial charge in [-0.05, 0) is 18.7 Å². The fourth-order valence-electron chi connectivity index (χ4n) is 2.53. The van der Waals surface area contributed by atoms with Crippen LogP contribution in [-0.2, 0) is 6.54 Å². The van der Waals surface area contributed by atoms with Gasteiger partial charge in [-0.15, -0.1) is 11.8 Å². The molecule has 0 atom stereocenters. The second kappa shape index (κ2) is 7.94. The second-order valence-electron chi connectivity index (χ2n) is 5.54. The zero-order valence-corrected chi connectivity index (χ0v) is 15.0. The van der Waals surface area contributed by atoms with Gasteiger partial charge in [-0.25, -0.2) is 9.97 Å². The molecule has 1 N–H and O–H groups in total. The van der Waals surface area contributed by atoms with E-state index in [9.17, 15) is 4.79 Å². The molecule has 0 unspecified atom stereocenters. The molecule has 0 saturated heterocycles. The molecular weight excluding hydrogens is 330 g/mol. The van der Waals surface area contributed by atoms with E-state index in [0.717, 1.165) is 11.1 Å². The van der Waals surface area contributed by atoms with Crippen LogP contribution in [0.1, 0.15) is 22.8 Å². The predicted octanol–water partition coefficient (Wildman–Crippen LogP) is 4.68. The van der Waals surface area contributed by atoms with Crippen molar-refractivity contribution in [2.24, 2.45) is 0 Å². The van der Waals surface area contributed by atoms with Crippen LogP contribution in [-0.4, -0.2) is 22.0 Å². The van der Waals surface area contributed by atoms with Crippen LogP contribution in [0.4, 0.5) is 5.82 Å². The molecule has 4 nitrogen and oxygen atoms in total. The highest BCUT2D eigenvalue weighted by molar-refractivity contribution is 7.98. The predicted molar refractivity (Wildman–Crippen MR) is 103 cm³/mol. The molecule has 2 aromatic carbocycles. The highest BCUT2D eigenvalue weighted by Gasteiger charge is 2.18. The normalized spacial score (nSPS) is 10.5. The van der Waals surface area contributed by atoms with Crippen molar-refractivity contribution in [3.63, 3.8) is 0 Å². The Hall–Kier alpha value is -2.66. The van der Waals surface area contributed by atoms with Gasteiger partial charge in [0.25, 0.3) is 0 Å². The van der Waals surface area contributed by atoms with Crippen molar-refractivity contribution in [2.75, 3.05) is 11.6 Å². The van der Waals surface area contributed by atoms with Gasteiger partial charge in [0, 0.05) is 12.1 Å². The molecule has 0 radical (unpaired) electrons. The largest absolute Gasteiger partial charge is 0.365 e. The first kappa shape index (κ1) is 17.2. The number of nitrogens with zero attached hydrogens (tertiary/aromatic N) is 2. The molecule has 5 heteroatoms. The van der Waals surface area contributed by atoms with Crippen molar-refractivity contribution in [1.82, 2.24) is 9.97 Å². The van der Waals surface area contributed by atoms with Gasteiger partial charge in [0.15, 0.2) is 11.6 Å². The lowest BCUT2D eigenvalue weighted by molar-refractivity contribution is 0.101. The maximum atomic E-state index is 12.2. The minimum atomic E-state index is -0.0421. The number of benzene rings is 2. The number of hydrogen-bond acceptors (Lipinski definition) is 5. The summed E-state index contributed by atoms with van der Waals surface area (Å²) in [5, 5.41) is 4.00. The number of carbonyl (C=O) groups is 1. The third-order valence-electron chi connectivity index (χ3n) is 3.76. The van der Waals surface area contributed by atoms with Crippen LogP contribution in [0.3, 0.4) is 0 Å². The zero-order chi connectivity index (χ0) is 17.6. The van der Waals surface area contributed by atoms with E-state index in [1.165, 1.54) is 11.8 Å². The van der Waals surface area contributed by atoms with Gasteiger partial charge < -0.3 is 5.32 Å². The summed E-state index contributed by atoms with van der Waals surface area (Å²) in [6.45, 7) is 2.15. The molecular formula is C20H19N3OS. The fraction of sp³-hybridized carbons (Fsp3) is 0.150. The van der Waals surface area contributed by atoms with Crippen molar-refractivity contribution in [2.45, 2.75) is 18.5 Å². The lowest BCUT2D eigenvalue weighted by Crippen LogP contribution is -2.11. The Morgan fingerprint density at radius 1 is 1.00 bits per heavy atom. The molecule has 0 aliphatic heterocycles. The maximum absolute atomic E-state index is 12.2. The van der Waals surface area contributed by atoms with E-state index in [-0.39, 0.29) is 5.78 Å². The number of hydrogen-bond donors (Lipinski definition) is 1. The fourth-order valence-corrected chi connectivity index (χ4v) is 3.15. The lowest BCUT2D eigenvalue weighted by atomic mass is 10.1. The van der Waals surface area contributed by atoms with Crippen molar-refractivity contribution in [3.8, 4) is 11.4 Å². The van der Waals surface area contributed by atoms with E-state index >= 15 is 0 Å². The summed E-state index contributed by atoms with van der Waals surface area (Å²) in [6.07, 6.45) is 1.92. The van der Waals surface area contributed by atoms with Crippen LogP contribution < -0.4 is 5.32 Å². The molecule has 0 spiro atoms. The van der Waals surface area contributed by atoms with Crippen LogP contribution in [0.2, 0.25) is 0 Å². The van der Waals surface area contributed by atoms with E-state index in [1.807, 2.05) is 66.9 Å². The number of rotatable bonds is 6. The van der Waals surface area contributed by atoms with E-state index in [0.29, 0.717) is 28.8 Å². The smallest absolute Gasteiger partial charge is 0.166 e. The number of carbonyl (C=O) groups excluding carboxylic acids is 1. The van der Waals surface area contributed by atoms with Gasteiger partial charge in [-0.1, -0.05) is 60.7 Å². The first-order valence-corrected chi connectivity index (χ1v) is 9.21. The molecule has 0 saturated carbocycles. The van der Waals surface area contributed by atoms with E-state index < -0.39 is 0 Å². The summed E-state index contributed by atoms with van der Waals surface area (Å²) in [5.41, 5.74) is 2.60. The molecule has 0 fully saturated rings. The number of anilines is 1. The SMILES string of the molecule is CSc1nc(-c2ccccc2)nc(NCc2ccccc2)c1C(C)=O. The Balaban J connectivity index is 2.02. The van der Waals surface area contributed by atoms with E-state index in [1.54, 1.807) is 6.92 Å². The van der Waals surface area contributed by atoms with Gasteiger partial charge >= 0.3 is 0 Å². The first-order valence-electron chi connectivity index (χ1n) is 7.99. The van der Waals surface area contributed by atoms with Gasteiger partial charge in [0.05, 0.1) is 5.56 Å². The van der Waals surface area contributed by atoms with Gasteiger partial charge in [-0.3, -0.25) is 4.79 Å². The van der Waals surface area contributed by atoms with Crippen LogP contribution in [0.15, 0.2) is 65.7 Å². The average molecular weight is 349 g/mol. The van der Waals surface area contributed by atoms with Crippen molar-refractivity contribution < 1.29 is 4.79 Å². The second-order valence-corrected chi connectivity index (χ2v) is 6.34. The molecule has 3 rings (SSSR count). The zero-order valence-electron chi connectivity index (χ0n) is 14.2. The summed E-state index contributed by atoms with van der Waals surface area (Å²) >= 11 is 1.46. The molecule has 3 aromatic rings. The molecule has 0 aliphatic rings. The maximum Gasteiger partial charge on any atom is 0.166 e. The molecule has 1 heterocycles. The van der Waals surface area contributed by atoms with Crippen molar-refractivity contribution in [1.29, 1.82) is 0 Å². The summed E-state index contributed by atoms with van der Waals surface area (Å²) < 4.78 is 0. The Kier molecular flexibility index (Phi) is 5.46. The third-order valence-corrected chi connectivity index (χ3v) is 4.44. The van der Waals surface area contributed by atoms with Gasteiger partial charge in [0.1, 0.15) is 10.8 Å². The molecule has 0 bridgehead atoms. The minimum Gasteiger partial charge on any atom is -0.365 e. The number of thioether (sulfide) groups is 1. The third kappa shape index (κ3) is 4.06. The van der Waals surface area contributed by atoms with Gasteiger partial charge in [-0.2, -0.15) is 0 Å². The van der Waals surface area contributed by atoms with Crippen LogP contribution in [0.25, 0.3) is 11.4 Å². The number of nitrogens with one attached hydrogen (secondary N) is 1. The van der Waals surface area contributed by atoms with Crippen molar-refractivity contribution in [3.05, 3.63) is 71.8 Å². The van der Waals surface area contributed by atoms with Crippen molar-refractivity contribution >= 4 is 23.4 Å². The van der Waals surface area contributed by atoms with Crippen LogP contribution >= 0.6 is 11.8 Å². The monoisotopic (exact) mass is 349 g/mol. The molecule has 25 heavy (non-hydrogen) atoms. The van der Waals surface area contributed by atoms with E-state index in [4.69, 9.17) is 0 Å². The Labute approximate surface area is 151 Å². The lowest BCUT2D eigenvalue weighted by Gasteiger charge is -2.14. The van der Waals surface area contributed by atoms with Crippen LogP contribution in [0.5, 0.6) is 0 Å². The molecule has 0 aliphatic carbocycles. The number of Topliss-reactive ketones (excluding diaryl/α,β-unsaturated/α-hetero) is 1. The molecule has 0 amide bonds. The standard InChI is InChI=1S/C20H19N3OS/c1-14(24)17-19(21-13-15-9-5-3-6-10-15)22-18(23-20(17)25-2)16-11-7-4-8-12-16/h3-12H,13H2,1-2H3,(H,21,22,23). The highest BCUT2D eigenvalue weighted by atomic mass is 32.2. The van der Waals surface area contributed by atoms with Gasteiger partial charge in [0.2, 0.25) is 0 Å². The average Bonchev–Trinajstić information content (AvgIpc) is 2.66. The summed E-state index contributed by atoms with van der Waals surface area (Å²) in [5.74, 6) is 1.15. The quantitative estimate of drug-likeness (QED) is 0.398. The first-order chi connectivity index (χ1) is 12.2. The Morgan fingerprint density at radius 3 is 2.24 bits per heavy atom. The summed E-state index contributed by atoms with van der Waals surface area (Å²) in [4.78, 5) is 21.4. The number of ketones is 1. The summed E-state index contributed by atoms with van der Waals surface area (Å²) in [6, 6.07) is 19.8. The Morgan fingerprint density at radius 2 is 1.64 bits per heavy atom. The Bertz CT molecular complexity index is 867. The topological polar surface area (TPSA) is 54.9 Å². The summed E-state index contributed by atoms with van der Waals surface area (Å²) in [7, 11) is 0. The van der Waals surface area contributed by atoms with Crippen LogP contribution in [0, 0.1) is 0 Å². The van der Waals surface area contributed by atoms with E-state index in [2.05, 4.69) is 15.3 Å². The highest BCUT2D eigenvalue weighted by Crippen LogP contribution is 2.28. The molecule has 126 valence electrons. The molecule has 1 aromatic heterocycles. The minimum absolute atomic E-state index is 0.0421. The number of aromatic nitrogens is 2.